The number of hydrogen-bond acceptors (Lipinski definition) is 4. The molecule has 1 aromatic carbocycles. The molecule has 1 aliphatic rings. The summed E-state index contributed by atoms with van der Waals surface area (Å²) in [6, 6.07) is 6.97. The molecule has 28 heavy (non-hydrogen) atoms. The fourth-order valence-electron chi connectivity index (χ4n) is 3.71. The molecular weight excluding hydrogens is 358 g/mol. The van der Waals surface area contributed by atoms with Gasteiger partial charge in [0.25, 0.3) is 5.91 Å². The number of likely N-dealkylation sites (tertiary alicyclic amines) is 1. The standard InChI is InChI=1S/C20H21N5O3/c1-24-12-13(9-23-24)17-7-4-8-25(17)18(26)11-22-20(28)15-10-21-16-6-3-2-5-14(16)19(15)27/h2-3,5-6,9-10,12,17H,4,7-8,11H2,1H3,(H,21,27)(H,22,28). The Kier molecular flexibility index (Phi) is 4.68. The number of nitrogens with one attached hydrogen (secondary N) is 2. The maximum absolute atomic E-state index is 12.7. The Morgan fingerprint density at radius 2 is 2.14 bits per heavy atom. The summed E-state index contributed by atoms with van der Waals surface area (Å²) < 4.78 is 1.71. The summed E-state index contributed by atoms with van der Waals surface area (Å²) in [4.78, 5) is 42.4. The minimum atomic E-state index is -0.558. The lowest BCUT2D eigenvalue weighted by Gasteiger charge is -2.24. The van der Waals surface area contributed by atoms with Crippen molar-refractivity contribution in [2.75, 3.05) is 13.1 Å². The van der Waals surface area contributed by atoms with E-state index >= 15 is 0 Å². The largest absolute Gasteiger partial charge is 0.360 e. The first-order valence-electron chi connectivity index (χ1n) is 9.21. The zero-order chi connectivity index (χ0) is 19.7. The van der Waals surface area contributed by atoms with E-state index in [1.165, 1.54) is 6.20 Å². The van der Waals surface area contributed by atoms with Crippen LogP contribution in [-0.2, 0) is 11.8 Å². The highest BCUT2D eigenvalue weighted by molar-refractivity contribution is 5.98. The van der Waals surface area contributed by atoms with Gasteiger partial charge in [0.2, 0.25) is 11.3 Å². The van der Waals surface area contributed by atoms with E-state index in [9.17, 15) is 14.4 Å². The average Bonchev–Trinajstić information content (AvgIpc) is 3.35. The van der Waals surface area contributed by atoms with Crippen LogP contribution in [0.25, 0.3) is 10.9 Å². The van der Waals surface area contributed by atoms with Crippen LogP contribution in [0, 0.1) is 0 Å². The van der Waals surface area contributed by atoms with E-state index in [0.717, 1.165) is 18.4 Å². The normalized spacial score (nSPS) is 16.5. The predicted octanol–water partition coefficient (Wildman–Crippen LogP) is 1.36. The number of aromatic nitrogens is 3. The fourth-order valence-corrected chi connectivity index (χ4v) is 3.71. The Morgan fingerprint density at radius 1 is 1.32 bits per heavy atom. The highest BCUT2D eigenvalue weighted by Crippen LogP contribution is 2.31. The van der Waals surface area contributed by atoms with E-state index in [4.69, 9.17) is 0 Å². The van der Waals surface area contributed by atoms with Gasteiger partial charge in [0.1, 0.15) is 5.56 Å². The Labute approximate surface area is 161 Å². The third kappa shape index (κ3) is 3.28. The summed E-state index contributed by atoms with van der Waals surface area (Å²) in [7, 11) is 1.84. The zero-order valence-corrected chi connectivity index (χ0v) is 15.5. The smallest absolute Gasteiger partial charge is 0.257 e. The van der Waals surface area contributed by atoms with Crippen LogP contribution in [0.4, 0.5) is 0 Å². The number of pyridine rings is 1. The van der Waals surface area contributed by atoms with Crippen molar-refractivity contribution in [2.24, 2.45) is 7.05 Å². The molecule has 4 rings (SSSR count). The molecule has 3 aromatic rings. The second-order valence-corrected chi connectivity index (χ2v) is 6.95. The number of carbonyl (C=O) groups is 2. The van der Waals surface area contributed by atoms with Crippen LogP contribution < -0.4 is 10.7 Å². The molecule has 1 unspecified atom stereocenters. The van der Waals surface area contributed by atoms with Crippen LogP contribution in [0.1, 0.15) is 34.8 Å². The number of aromatic amines is 1. The second kappa shape index (κ2) is 7.30. The van der Waals surface area contributed by atoms with Crippen LogP contribution in [0.15, 0.2) is 47.7 Å². The molecule has 2 N–H and O–H groups in total. The van der Waals surface area contributed by atoms with Crippen molar-refractivity contribution in [2.45, 2.75) is 18.9 Å². The van der Waals surface area contributed by atoms with Crippen molar-refractivity contribution in [1.29, 1.82) is 0 Å². The van der Waals surface area contributed by atoms with Crippen molar-refractivity contribution in [1.82, 2.24) is 25.0 Å². The lowest BCUT2D eigenvalue weighted by atomic mass is 10.1. The summed E-state index contributed by atoms with van der Waals surface area (Å²) in [5.41, 5.74) is 1.30. The van der Waals surface area contributed by atoms with E-state index < -0.39 is 5.91 Å². The van der Waals surface area contributed by atoms with Gasteiger partial charge >= 0.3 is 0 Å². The number of fused-ring (bicyclic) bond motifs is 1. The highest BCUT2D eigenvalue weighted by atomic mass is 16.2. The van der Waals surface area contributed by atoms with Gasteiger partial charge in [0.05, 0.1) is 18.8 Å². The molecule has 2 amide bonds. The maximum Gasteiger partial charge on any atom is 0.257 e. The number of nitrogens with zero attached hydrogens (tertiary/aromatic N) is 3. The van der Waals surface area contributed by atoms with Gasteiger partial charge in [0.15, 0.2) is 0 Å². The third-order valence-electron chi connectivity index (χ3n) is 5.12. The van der Waals surface area contributed by atoms with Crippen molar-refractivity contribution in [3.63, 3.8) is 0 Å². The highest BCUT2D eigenvalue weighted by Gasteiger charge is 2.30. The molecular formula is C20H21N5O3. The minimum Gasteiger partial charge on any atom is -0.360 e. The Morgan fingerprint density at radius 3 is 2.93 bits per heavy atom. The molecule has 8 heteroatoms. The van der Waals surface area contributed by atoms with Crippen LogP contribution >= 0.6 is 0 Å². The fraction of sp³-hybridized carbons (Fsp3) is 0.300. The van der Waals surface area contributed by atoms with Crippen LogP contribution in [0.3, 0.4) is 0 Å². The molecule has 0 aliphatic carbocycles. The van der Waals surface area contributed by atoms with Crippen LogP contribution in [0.2, 0.25) is 0 Å². The SMILES string of the molecule is Cn1cc(C2CCCN2C(=O)CNC(=O)c2c[nH]c3ccccc3c2=O)cn1. The third-order valence-corrected chi connectivity index (χ3v) is 5.12. The van der Waals surface area contributed by atoms with Gasteiger partial charge in [-0.15, -0.1) is 0 Å². The van der Waals surface area contributed by atoms with E-state index in [1.54, 1.807) is 34.0 Å². The molecule has 0 radical (unpaired) electrons. The molecule has 3 heterocycles. The Hall–Kier alpha value is -3.42. The molecule has 8 nitrogen and oxygen atoms in total. The molecule has 0 bridgehead atoms. The van der Waals surface area contributed by atoms with Crippen molar-refractivity contribution < 1.29 is 9.59 Å². The molecule has 1 saturated heterocycles. The molecule has 0 saturated carbocycles. The molecule has 1 atom stereocenters. The lowest BCUT2D eigenvalue weighted by molar-refractivity contribution is -0.131. The predicted molar refractivity (Wildman–Crippen MR) is 104 cm³/mol. The topological polar surface area (TPSA) is 100 Å². The summed E-state index contributed by atoms with van der Waals surface area (Å²) in [6.07, 6.45) is 6.84. The number of carbonyl (C=O) groups excluding carboxylic acids is 2. The maximum atomic E-state index is 12.7. The number of hydrogen-bond donors (Lipinski definition) is 2. The van der Waals surface area contributed by atoms with Gasteiger partial charge in [-0.25, -0.2) is 0 Å². The number of para-hydroxylation sites is 1. The first-order chi connectivity index (χ1) is 13.5. The van der Waals surface area contributed by atoms with Gasteiger partial charge in [-0.2, -0.15) is 5.10 Å². The summed E-state index contributed by atoms with van der Waals surface area (Å²) in [5.74, 6) is -0.727. The number of benzene rings is 1. The first kappa shape index (κ1) is 18.0. The summed E-state index contributed by atoms with van der Waals surface area (Å²) in [6.45, 7) is 0.493. The van der Waals surface area contributed by atoms with Gasteiger partial charge in [0, 0.05) is 42.5 Å². The van der Waals surface area contributed by atoms with Crippen molar-refractivity contribution in [3.8, 4) is 0 Å². The Balaban J connectivity index is 1.45. The van der Waals surface area contributed by atoms with E-state index in [1.807, 2.05) is 19.3 Å². The van der Waals surface area contributed by atoms with Crippen LogP contribution in [-0.4, -0.2) is 44.6 Å². The lowest BCUT2D eigenvalue weighted by Crippen LogP contribution is -2.40. The minimum absolute atomic E-state index is 0.00303. The average molecular weight is 379 g/mol. The van der Waals surface area contributed by atoms with Crippen molar-refractivity contribution in [3.05, 3.63) is 64.2 Å². The Bertz CT molecular complexity index is 1100. The van der Waals surface area contributed by atoms with E-state index in [-0.39, 0.29) is 29.5 Å². The van der Waals surface area contributed by atoms with Crippen molar-refractivity contribution >= 4 is 22.7 Å². The molecule has 1 fully saturated rings. The van der Waals surface area contributed by atoms with Gasteiger partial charge < -0.3 is 15.2 Å². The molecule has 1 aliphatic heterocycles. The van der Waals surface area contributed by atoms with E-state index in [0.29, 0.717) is 17.4 Å². The van der Waals surface area contributed by atoms with E-state index in [2.05, 4.69) is 15.4 Å². The zero-order valence-electron chi connectivity index (χ0n) is 15.5. The monoisotopic (exact) mass is 379 g/mol. The number of amides is 2. The molecule has 0 spiro atoms. The van der Waals surface area contributed by atoms with Gasteiger partial charge in [-0.1, -0.05) is 12.1 Å². The number of rotatable bonds is 4. The summed E-state index contributed by atoms with van der Waals surface area (Å²) in [5, 5.41) is 7.20. The summed E-state index contributed by atoms with van der Waals surface area (Å²) >= 11 is 0. The van der Waals surface area contributed by atoms with Gasteiger partial charge in [-0.3, -0.25) is 19.1 Å². The molecule has 144 valence electrons. The van der Waals surface area contributed by atoms with Crippen LogP contribution in [0.5, 0.6) is 0 Å². The number of aryl methyl sites for hydroxylation is 1. The van der Waals surface area contributed by atoms with Gasteiger partial charge in [-0.05, 0) is 25.0 Å². The second-order valence-electron chi connectivity index (χ2n) is 6.95. The number of H-pyrrole nitrogens is 1. The quantitative estimate of drug-likeness (QED) is 0.715. The first-order valence-corrected chi connectivity index (χ1v) is 9.21. The molecule has 2 aromatic heterocycles.